The first-order valence-electron chi connectivity index (χ1n) is 12.0. The quantitative estimate of drug-likeness (QED) is 0.197. The van der Waals surface area contributed by atoms with Crippen LogP contribution in [0.5, 0.6) is 5.75 Å². The third kappa shape index (κ3) is 7.92. The Labute approximate surface area is 194 Å². The zero-order valence-electron chi connectivity index (χ0n) is 19.2. The van der Waals surface area contributed by atoms with Gasteiger partial charge in [0, 0.05) is 11.5 Å². The number of carbonyl (C=O) groups excluding carboxylic acids is 1. The van der Waals surface area contributed by atoms with Gasteiger partial charge in [-0.05, 0) is 93.9 Å². The zero-order chi connectivity index (χ0) is 23.8. The van der Waals surface area contributed by atoms with E-state index in [1.807, 2.05) is 6.08 Å². The lowest BCUT2D eigenvalue weighted by Crippen LogP contribution is -2.27. The molecule has 2 aliphatic rings. The number of rotatable bonds is 6. The minimum Gasteiger partial charge on any atom is -0.426 e. The van der Waals surface area contributed by atoms with Gasteiger partial charge in [-0.1, -0.05) is 24.8 Å². The lowest BCUT2D eigenvalue weighted by molar-refractivity contribution is -0.345. The van der Waals surface area contributed by atoms with Gasteiger partial charge in [0.2, 0.25) is 0 Å². The summed E-state index contributed by atoms with van der Waals surface area (Å²) in [4.78, 5) is 12.6. The third-order valence-electron chi connectivity index (χ3n) is 6.95. The summed E-state index contributed by atoms with van der Waals surface area (Å²) in [5, 5.41) is 0. The number of benzene rings is 1. The van der Waals surface area contributed by atoms with E-state index < -0.39 is 12.5 Å². The van der Waals surface area contributed by atoms with Crippen LogP contribution in [-0.4, -0.2) is 18.4 Å². The molecule has 3 rings (SSSR count). The van der Waals surface area contributed by atoms with Crippen LogP contribution < -0.4 is 4.74 Å². The number of carbonyl (C=O) groups is 1. The lowest BCUT2D eigenvalue weighted by Gasteiger charge is -2.31. The normalized spacial score (nSPS) is 26.5. The molecule has 1 aromatic carbocycles. The van der Waals surface area contributed by atoms with Gasteiger partial charge in [0.25, 0.3) is 0 Å². The number of alkyl halides is 3. The van der Waals surface area contributed by atoms with Crippen molar-refractivity contribution >= 4 is 5.97 Å². The highest BCUT2D eigenvalue weighted by molar-refractivity contribution is 5.75. The van der Waals surface area contributed by atoms with Gasteiger partial charge in [0.1, 0.15) is 5.75 Å². The Morgan fingerprint density at radius 3 is 2.27 bits per heavy atom. The fourth-order valence-electron chi connectivity index (χ4n) is 4.98. The molecule has 180 valence electrons. The van der Waals surface area contributed by atoms with Crippen molar-refractivity contribution in [3.05, 3.63) is 42.5 Å². The van der Waals surface area contributed by atoms with Gasteiger partial charge >= 0.3 is 12.3 Å². The molecule has 0 radical (unpaired) electrons. The van der Waals surface area contributed by atoms with Gasteiger partial charge in [0.05, 0.1) is 12.0 Å². The number of allylic oxidation sites excluding steroid dienone is 1. The van der Waals surface area contributed by atoms with Crippen molar-refractivity contribution in [2.24, 2.45) is 23.7 Å². The molecule has 0 aliphatic heterocycles. The van der Waals surface area contributed by atoms with Crippen molar-refractivity contribution in [2.45, 2.75) is 77.2 Å². The molecular weight excluding hydrogens is 429 g/mol. The van der Waals surface area contributed by atoms with Gasteiger partial charge in [-0.3, -0.25) is 9.53 Å². The molecule has 2 fully saturated rings. The predicted octanol–water partition coefficient (Wildman–Crippen LogP) is 7.06. The first kappa shape index (κ1) is 25.4. The average Bonchev–Trinajstić information content (AvgIpc) is 2.80. The van der Waals surface area contributed by atoms with E-state index in [9.17, 15) is 18.0 Å². The molecule has 0 N–H and O–H groups in total. The Bertz CT molecular complexity index is 834. The predicted molar refractivity (Wildman–Crippen MR) is 121 cm³/mol. The first-order chi connectivity index (χ1) is 15.8. The van der Waals surface area contributed by atoms with E-state index in [0.717, 1.165) is 37.7 Å². The van der Waals surface area contributed by atoms with Crippen molar-refractivity contribution in [2.75, 3.05) is 0 Å². The Morgan fingerprint density at radius 2 is 1.73 bits per heavy atom. The summed E-state index contributed by atoms with van der Waals surface area (Å²) in [7, 11) is 0. The number of hydrogen-bond acceptors (Lipinski definition) is 3. The fraction of sp³-hybridized carbons (Fsp3) is 0.593. The van der Waals surface area contributed by atoms with Crippen molar-refractivity contribution in [1.29, 1.82) is 0 Å². The van der Waals surface area contributed by atoms with Crippen molar-refractivity contribution in [3.8, 4) is 17.6 Å². The van der Waals surface area contributed by atoms with E-state index >= 15 is 0 Å². The van der Waals surface area contributed by atoms with Crippen LogP contribution in [0.4, 0.5) is 13.2 Å². The highest BCUT2D eigenvalue weighted by Crippen LogP contribution is 2.36. The molecule has 3 nitrogen and oxygen atoms in total. The zero-order valence-corrected chi connectivity index (χ0v) is 19.2. The standard InChI is InChI=1S/C27H33F3O3/c1-3-21(4-2)22-11-13-23(14-12-22)26(31)32-24-15-7-19(8-16-24)5-6-20-9-17-25(18-10-20)33-27(28,29)30/h3,7-8,15-16,20-23,25H,1,4,9-14,17-18H2,2H3/t20-,21?,22-,23-,25-. The van der Waals surface area contributed by atoms with E-state index in [0.29, 0.717) is 43.3 Å². The Kier molecular flexibility index (Phi) is 9.02. The number of esters is 1. The molecule has 2 saturated carbocycles. The molecule has 0 saturated heterocycles. The maximum atomic E-state index is 12.6. The molecule has 1 unspecified atom stereocenters. The Hall–Kier alpha value is -2.26. The molecule has 0 spiro atoms. The molecule has 33 heavy (non-hydrogen) atoms. The number of hydrogen-bond donors (Lipinski definition) is 0. The van der Waals surface area contributed by atoms with Crippen LogP contribution in [0.3, 0.4) is 0 Å². The largest absolute Gasteiger partial charge is 0.522 e. The van der Waals surface area contributed by atoms with Crippen LogP contribution in [0.25, 0.3) is 0 Å². The molecule has 1 aromatic rings. The van der Waals surface area contributed by atoms with E-state index in [4.69, 9.17) is 4.74 Å². The minimum absolute atomic E-state index is 0.0560. The summed E-state index contributed by atoms with van der Waals surface area (Å²) in [6.45, 7) is 6.11. The second kappa shape index (κ2) is 11.7. The average molecular weight is 463 g/mol. The van der Waals surface area contributed by atoms with Crippen LogP contribution in [-0.2, 0) is 9.53 Å². The maximum absolute atomic E-state index is 12.6. The second-order valence-electron chi connectivity index (χ2n) is 9.17. The summed E-state index contributed by atoms with van der Waals surface area (Å²) in [5.74, 6) is 7.73. The van der Waals surface area contributed by atoms with Gasteiger partial charge in [-0.15, -0.1) is 19.8 Å². The Morgan fingerprint density at radius 1 is 1.09 bits per heavy atom. The molecule has 0 bridgehead atoms. The topological polar surface area (TPSA) is 35.5 Å². The van der Waals surface area contributed by atoms with Gasteiger partial charge in [0.15, 0.2) is 0 Å². The molecule has 1 atom stereocenters. The van der Waals surface area contributed by atoms with Crippen LogP contribution >= 0.6 is 0 Å². The molecular formula is C27H33F3O3. The van der Waals surface area contributed by atoms with Crippen LogP contribution in [0, 0.1) is 35.5 Å². The summed E-state index contributed by atoms with van der Waals surface area (Å²) in [6, 6.07) is 7.10. The Balaban J connectivity index is 1.44. The molecule has 6 heteroatoms. The van der Waals surface area contributed by atoms with Crippen LogP contribution in [0.2, 0.25) is 0 Å². The van der Waals surface area contributed by atoms with E-state index in [1.54, 1.807) is 24.3 Å². The van der Waals surface area contributed by atoms with Crippen molar-refractivity contribution in [3.63, 3.8) is 0 Å². The number of ether oxygens (including phenoxy) is 2. The van der Waals surface area contributed by atoms with Gasteiger partial charge < -0.3 is 4.74 Å². The monoisotopic (exact) mass is 462 g/mol. The van der Waals surface area contributed by atoms with Crippen molar-refractivity contribution < 1.29 is 27.4 Å². The van der Waals surface area contributed by atoms with Gasteiger partial charge in [-0.25, -0.2) is 0 Å². The minimum atomic E-state index is -4.57. The summed E-state index contributed by atoms with van der Waals surface area (Å²) < 4.78 is 46.6. The smallest absolute Gasteiger partial charge is 0.426 e. The van der Waals surface area contributed by atoms with Crippen molar-refractivity contribution in [1.82, 2.24) is 0 Å². The first-order valence-corrected chi connectivity index (χ1v) is 12.0. The van der Waals surface area contributed by atoms with E-state index in [2.05, 4.69) is 30.1 Å². The van der Waals surface area contributed by atoms with E-state index in [-0.39, 0.29) is 17.8 Å². The maximum Gasteiger partial charge on any atom is 0.522 e. The molecule has 0 aromatic heterocycles. The molecule has 0 amide bonds. The highest BCUT2D eigenvalue weighted by Gasteiger charge is 2.35. The lowest BCUT2D eigenvalue weighted by atomic mass is 9.75. The highest BCUT2D eigenvalue weighted by atomic mass is 19.4. The third-order valence-corrected chi connectivity index (χ3v) is 6.95. The van der Waals surface area contributed by atoms with Gasteiger partial charge in [-0.2, -0.15) is 0 Å². The summed E-state index contributed by atoms with van der Waals surface area (Å²) in [6.07, 6.45) is 3.49. The molecule has 2 aliphatic carbocycles. The fourth-order valence-corrected chi connectivity index (χ4v) is 4.98. The SMILES string of the molecule is C=CC(CC)[C@H]1CC[C@H](C(=O)Oc2ccc(C#C[C@H]3CC[C@H](OC(F)(F)F)CC3)cc2)CC1. The summed E-state index contributed by atoms with van der Waals surface area (Å²) in [5.41, 5.74) is 0.791. The van der Waals surface area contributed by atoms with E-state index in [1.165, 1.54) is 0 Å². The second-order valence-corrected chi connectivity index (χ2v) is 9.17. The number of halogens is 3. The van der Waals surface area contributed by atoms with Crippen LogP contribution in [0.1, 0.15) is 70.3 Å². The summed E-state index contributed by atoms with van der Waals surface area (Å²) >= 11 is 0. The van der Waals surface area contributed by atoms with Crippen LogP contribution in [0.15, 0.2) is 36.9 Å². The molecule has 0 heterocycles.